The summed E-state index contributed by atoms with van der Waals surface area (Å²) in [6.07, 6.45) is 0.275. The molecule has 1 amide bonds. The molecule has 0 saturated carbocycles. The Hall–Kier alpha value is -0.600. The molecule has 1 aliphatic rings. The molecule has 12 heavy (non-hydrogen) atoms. The van der Waals surface area contributed by atoms with Crippen molar-refractivity contribution in [2.45, 2.75) is 32.9 Å². The number of carbonyl (C=O) groups excluding carboxylic acids is 1. The molecule has 0 aromatic rings. The van der Waals surface area contributed by atoms with Crippen LogP contribution in [0.25, 0.3) is 0 Å². The van der Waals surface area contributed by atoms with Crippen molar-refractivity contribution in [3.8, 4) is 0 Å². The first kappa shape index (κ1) is 9.49. The molecule has 1 saturated heterocycles. The molecular formula is C9H16FNO. The van der Waals surface area contributed by atoms with Crippen LogP contribution in [0.4, 0.5) is 4.39 Å². The van der Waals surface area contributed by atoms with E-state index >= 15 is 0 Å². The van der Waals surface area contributed by atoms with E-state index in [0.717, 1.165) is 0 Å². The molecule has 70 valence electrons. The van der Waals surface area contributed by atoms with Gasteiger partial charge in [-0.3, -0.25) is 4.79 Å². The van der Waals surface area contributed by atoms with Crippen molar-refractivity contribution in [3.05, 3.63) is 0 Å². The number of hydrogen-bond donors (Lipinski definition) is 0. The molecule has 0 N–H and O–H groups in total. The third-order valence-corrected chi connectivity index (χ3v) is 2.07. The van der Waals surface area contributed by atoms with Crippen LogP contribution in [0.5, 0.6) is 0 Å². The van der Waals surface area contributed by atoms with Crippen LogP contribution < -0.4 is 0 Å². The van der Waals surface area contributed by atoms with Crippen molar-refractivity contribution >= 4 is 5.91 Å². The maximum absolute atomic E-state index is 12.7. The number of hydrogen-bond acceptors (Lipinski definition) is 1. The summed E-state index contributed by atoms with van der Waals surface area (Å²) in [6.45, 7) is 4.92. The Morgan fingerprint density at radius 1 is 1.67 bits per heavy atom. The molecule has 0 radical (unpaired) electrons. The smallest absolute Gasteiger partial charge is 0.222 e. The van der Waals surface area contributed by atoms with Gasteiger partial charge in [0.25, 0.3) is 0 Å². The molecule has 1 fully saturated rings. The van der Waals surface area contributed by atoms with Crippen molar-refractivity contribution in [3.63, 3.8) is 0 Å². The van der Waals surface area contributed by atoms with Crippen LogP contribution in [0.1, 0.15) is 26.7 Å². The topological polar surface area (TPSA) is 20.3 Å². The average Bonchev–Trinajstić information content (AvgIpc) is 2.34. The zero-order chi connectivity index (χ0) is 9.14. The van der Waals surface area contributed by atoms with Crippen LogP contribution in [0.15, 0.2) is 0 Å². The van der Waals surface area contributed by atoms with Crippen LogP contribution >= 0.6 is 0 Å². The minimum absolute atomic E-state index is 0.102. The quantitative estimate of drug-likeness (QED) is 0.621. The molecule has 1 atom stereocenters. The molecule has 0 aromatic heterocycles. The zero-order valence-corrected chi connectivity index (χ0v) is 7.72. The first-order valence-electron chi connectivity index (χ1n) is 4.51. The third-order valence-electron chi connectivity index (χ3n) is 2.07. The van der Waals surface area contributed by atoms with E-state index in [1.165, 1.54) is 0 Å². The van der Waals surface area contributed by atoms with Gasteiger partial charge in [-0.1, -0.05) is 13.8 Å². The lowest BCUT2D eigenvalue weighted by molar-refractivity contribution is -0.131. The molecule has 0 spiro atoms. The van der Waals surface area contributed by atoms with Gasteiger partial charge in [-0.25, -0.2) is 4.39 Å². The minimum atomic E-state index is -0.791. The van der Waals surface area contributed by atoms with Gasteiger partial charge in [-0.2, -0.15) is 0 Å². The standard InChI is InChI=1S/C9H16FNO/c1-7(2)5-9(12)11-4-3-8(10)6-11/h7-8H,3-6H2,1-2H3/t8-/m1/s1. The van der Waals surface area contributed by atoms with Gasteiger partial charge in [0.2, 0.25) is 5.91 Å². The van der Waals surface area contributed by atoms with E-state index < -0.39 is 6.17 Å². The van der Waals surface area contributed by atoms with Crippen molar-refractivity contribution in [2.75, 3.05) is 13.1 Å². The highest BCUT2D eigenvalue weighted by Gasteiger charge is 2.25. The normalized spacial score (nSPS) is 23.7. The molecular weight excluding hydrogens is 157 g/mol. The average molecular weight is 173 g/mol. The van der Waals surface area contributed by atoms with E-state index in [2.05, 4.69) is 0 Å². The second kappa shape index (κ2) is 3.87. The van der Waals surface area contributed by atoms with Gasteiger partial charge in [0.05, 0.1) is 6.54 Å². The number of likely N-dealkylation sites (tertiary alicyclic amines) is 1. The van der Waals surface area contributed by atoms with E-state index in [9.17, 15) is 9.18 Å². The summed E-state index contributed by atoms with van der Waals surface area (Å²) >= 11 is 0. The number of nitrogens with zero attached hydrogens (tertiary/aromatic N) is 1. The lowest BCUT2D eigenvalue weighted by Gasteiger charge is -2.16. The number of halogens is 1. The van der Waals surface area contributed by atoms with Gasteiger partial charge in [0, 0.05) is 13.0 Å². The maximum atomic E-state index is 12.7. The number of carbonyl (C=O) groups is 1. The Morgan fingerprint density at radius 3 is 2.75 bits per heavy atom. The van der Waals surface area contributed by atoms with Gasteiger partial charge in [-0.05, 0) is 12.3 Å². The molecule has 0 unspecified atom stereocenters. The molecule has 0 aliphatic carbocycles. The number of amides is 1. The maximum Gasteiger partial charge on any atom is 0.222 e. The Labute approximate surface area is 72.7 Å². The van der Waals surface area contributed by atoms with Crippen LogP contribution in [0.2, 0.25) is 0 Å². The largest absolute Gasteiger partial charge is 0.340 e. The lowest BCUT2D eigenvalue weighted by Crippen LogP contribution is -2.29. The van der Waals surface area contributed by atoms with Crippen molar-refractivity contribution < 1.29 is 9.18 Å². The van der Waals surface area contributed by atoms with Crippen molar-refractivity contribution in [2.24, 2.45) is 5.92 Å². The van der Waals surface area contributed by atoms with Gasteiger partial charge in [0.1, 0.15) is 6.17 Å². The highest BCUT2D eigenvalue weighted by atomic mass is 19.1. The summed E-state index contributed by atoms with van der Waals surface area (Å²) < 4.78 is 12.7. The Morgan fingerprint density at radius 2 is 2.33 bits per heavy atom. The Bertz CT molecular complexity index is 170. The summed E-state index contributed by atoms with van der Waals surface area (Å²) in [5.41, 5.74) is 0. The third kappa shape index (κ3) is 2.47. The van der Waals surface area contributed by atoms with E-state index in [1.54, 1.807) is 4.90 Å². The molecule has 0 aromatic carbocycles. The zero-order valence-electron chi connectivity index (χ0n) is 7.72. The molecule has 1 aliphatic heterocycles. The Balaban J connectivity index is 2.33. The fourth-order valence-electron chi connectivity index (χ4n) is 1.42. The molecule has 1 rings (SSSR count). The highest BCUT2D eigenvalue weighted by Crippen LogP contribution is 2.14. The number of alkyl halides is 1. The van der Waals surface area contributed by atoms with E-state index in [0.29, 0.717) is 31.8 Å². The first-order valence-corrected chi connectivity index (χ1v) is 4.51. The first-order chi connectivity index (χ1) is 5.59. The number of rotatable bonds is 2. The van der Waals surface area contributed by atoms with E-state index in [4.69, 9.17) is 0 Å². The highest BCUT2D eigenvalue weighted by molar-refractivity contribution is 5.76. The summed E-state index contributed by atoms with van der Waals surface area (Å²) in [5.74, 6) is 0.473. The molecule has 1 heterocycles. The fourth-order valence-corrected chi connectivity index (χ4v) is 1.42. The van der Waals surface area contributed by atoms with E-state index in [-0.39, 0.29) is 5.91 Å². The predicted octanol–water partition coefficient (Wildman–Crippen LogP) is 1.60. The molecule has 2 nitrogen and oxygen atoms in total. The van der Waals surface area contributed by atoms with Crippen LogP contribution in [0, 0.1) is 5.92 Å². The van der Waals surface area contributed by atoms with Crippen molar-refractivity contribution in [1.29, 1.82) is 0 Å². The van der Waals surface area contributed by atoms with Crippen LogP contribution in [-0.2, 0) is 4.79 Å². The van der Waals surface area contributed by atoms with Gasteiger partial charge in [0.15, 0.2) is 0 Å². The van der Waals surface area contributed by atoms with Gasteiger partial charge < -0.3 is 4.90 Å². The van der Waals surface area contributed by atoms with Gasteiger partial charge >= 0.3 is 0 Å². The lowest BCUT2D eigenvalue weighted by atomic mass is 10.1. The second-order valence-electron chi connectivity index (χ2n) is 3.82. The molecule has 3 heteroatoms. The summed E-state index contributed by atoms with van der Waals surface area (Å²) in [4.78, 5) is 13.0. The monoisotopic (exact) mass is 173 g/mol. The van der Waals surface area contributed by atoms with Crippen LogP contribution in [0.3, 0.4) is 0 Å². The summed E-state index contributed by atoms with van der Waals surface area (Å²) in [5, 5.41) is 0. The van der Waals surface area contributed by atoms with E-state index in [1.807, 2.05) is 13.8 Å². The Kier molecular flexibility index (Phi) is 3.06. The molecule has 0 bridgehead atoms. The summed E-state index contributed by atoms with van der Waals surface area (Å²) in [7, 11) is 0. The summed E-state index contributed by atoms with van der Waals surface area (Å²) in [6, 6.07) is 0. The second-order valence-corrected chi connectivity index (χ2v) is 3.82. The van der Waals surface area contributed by atoms with Crippen molar-refractivity contribution in [1.82, 2.24) is 4.90 Å². The van der Waals surface area contributed by atoms with Gasteiger partial charge in [-0.15, -0.1) is 0 Å². The minimum Gasteiger partial charge on any atom is -0.340 e. The fraction of sp³-hybridized carbons (Fsp3) is 0.889. The van der Waals surface area contributed by atoms with Crippen LogP contribution in [-0.4, -0.2) is 30.1 Å². The predicted molar refractivity (Wildman–Crippen MR) is 45.5 cm³/mol. The SMILES string of the molecule is CC(C)CC(=O)N1CC[C@@H](F)C1.